The summed E-state index contributed by atoms with van der Waals surface area (Å²) in [5, 5.41) is 1.29. The van der Waals surface area contributed by atoms with Gasteiger partial charge in [0.1, 0.15) is 5.69 Å². The summed E-state index contributed by atoms with van der Waals surface area (Å²) in [6, 6.07) is 7.82. The molecule has 1 aliphatic carbocycles. The Morgan fingerprint density at radius 1 is 1.07 bits per heavy atom. The lowest BCUT2D eigenvalue weighted by molar-refractivity contribution is 0.0589. The molecule has 0 N–H and O–H groups in total. The monoisotopic (exact) mass is 392 g/mol. The molecule has 150 valence electrons. The number of fused-ring (bicyclic) bond motifs is 3. The van der Waals surface area contributed by atoms with Gasteiger partial charge in [-0.2, -0.15) is 0 Å². The number of benzene rings is 1. The summed E-state index contributed by atoms with van der Waals surface area (Å²) in [6.45, 7) is 3.39. The summed E-state index contributed by atoms with van der Waals surface area (Å²) >= 11 is 0. The van der Waals surface area contributed by atoms with Crippen molar-refractivity contribution in [3.05, 3.63) is 67.6 Å². The first kappa shape index (κ1) is 18.0. The summed E-state index contributed by atoms with van der Waals surface area (Å²) in [6.07, 6.45) is 2.93. The van der Waals surface area contributed by atoms with Crippen LogP contribution < -0.4 is 11.2 Å². The Balaban J connectivity index is 1.64. The van der Waals surface area contributed by atoms with Gasteiger partial charge in [0.05, 0.1) is 6.04 Å². The van der Waals surface area contributed by atoms with E-state index in [9.17, 15) is 14.4 Å². The highest BCUT2D eigenvalue weighted by atomic mass is 16.2. The van der Waals surface area contributed by atoms with Gasteiger partial charge in [-0.15, -0.1) is 0 Å². The smallest absolute Gasteiger partial charge is 0.331 e. The molecule has 1 atom stereocenters. The average molecular weight is 392 g/mol. The Morgan fingerprint density at radius 2 is 1.86 bits per heavy atom. The van der Waals surface area contributed by atoms with Gasteiger partial charge in [0.15, 0.2) is 0 Å². The molecule has 1 aromatic carbocycles. The molecule has 0 unspecified atom stereocenters. The van der Waals surface area contributed by atoms with E-state index in [4.69, 9.17) is 0 Å². The average Bonchev–Trinajstić information content (AvgIpc) is 3.04. The number of aromatic nitrogens is 3. The first-order valence-corrected chi connectivity index (χ1v) is 10.1. The predicted molar refractivity (Wildman–Crippen MR) is 110 cm³/mol. The number of hydrogen-bond donors (Lipinski definition) is 0. The van der Waals surface area contributed by atoms with Crippen LogP contribution in [-0.2, 0) is 27.1 Å². The van der Waals surface area contributed by atoms with E-state index < -0.39 is 11.2 Å². The van der Waals surface area contributed by atoms with Crippen LogP contribution in [0.2, 0.25) is 0 Å². The third kappa shape index (κ3) is 2.46. The number of nitrogens with zero attached hydrogens (tertiary/aromatic N) is 4. The molecular weight excluding hydrogens is 368 g/mol. The van der Waals surface area contributed by atoms with Crippen molar-refractivity contribution in [2.75, 3.05) is 6.54 Å². The van der Waals surface area contributed by atoms with Crippen LogP contribution in [0.1, 0.15) is 46.2 Å². The molecule has 0 fully saturated rings. The van der Waals surface area contributed by atoms with Crippen LogP contribution in [0.4, 0.5) is 0 Å². The highest BCUT2D eigenvalue weighted by Crippen LogP contribution is 2.43. The first-order chi connectivity index (χ1) is 13.9. The van der Waals surface area contributed by atoms with Crippen molar-refractivity contribution in [2.24, 2.45) is 14.1 Å². The van der Waals surface area contributed by atoms with Gasteiger partial charge in [-0.1, -0.05) is 11.6 Å². The van der Waals surface area contributed by atoms with Gasteiger partial charge < -0.3 is 9.47 Å². The van der Waals surface area contributed by atoms with E-state index in [2.05, 4.69) is 29.7 Å². The zero-order valence-corrected chi connectivity index (χ0v) is 16.9. The number of aryl methyl sites for hydroxylation is 2. The third-order valence-electron chi connectivity index (χ3n) is 6.53. The summed E-state index contributed by atoms with van der Waals surface area (Å²) < 4.78 is 4.66. The van der Waals surface area contributed by atoms with Crippen LogP contribution >= 0.6 is 0 Å². The molecule has 0 saturated carbocycles. The van der Waals surface area contributed by atoms with E-state index in [-0.39, 0.29) is 17.6 Å². The fraction of sp³-hybridized carbons (Fsp3) is 0.409. The fourth-order valence-corrected chi connectivity index (χ4v) is 5.05. The van der Waals surface area contributed by atoms with Gasteiger partial charge in [-0.25, -0.2) is 4.79 Å². The van der Waals surface area contributed by atoms with Crippen LogP contribution in [0.5, 0.6) is 0 Å². The number of carbonyl (C=O) groups is 1. The standard InChI is InChI=1S/C22H24N4O3/c1-13-7-8-16-15(11-13)14-5-4-6-17-20(14)25(16)9-10-26(17)21(28)18-12-19(27)24(3)22(29)23(18)2/h7-8,11-12,17H,4-6,9-10H2,1-3H3/t17-/m1/s1. The normalized spacial score (nSPS) is 18.2. The number of carbonyl (C=O) groups excluding carboxylic acids is 1. The van der Waals surface area contributed by atoms with Crippen molar-refractivity contribution in [1.29, 1.82) is 0 Å². The Bertz CT molecular complexity index is 1290. The third-order valence-corrected chi connectivity index (χ3v) is 6.53. The molecule has 29 heavy (non-hydrogen) atoms. The predicted octanol–water partition coefficient (Wildman–Crippen LogP) is 1.88. The van der Waals surface area contributed by atoms with E-state index in [1.54, 1.807) is 7.05 Å². The number of rotatable bonds is 1. The molecule has 1 amide bonds. The van der Waals surface area contributed by atoms with Crippen LogP contribution in [0, 0.1) is 6.92 Å². The van der Waals surface area contributed by atoms with Gasteiger partial charge in [-0.05, 0) is 43.9 Å². The van der Waals surface area contributed by atoms with Crippen LogP contribution in [-0.4, -0.2) is 31.1 Å². The molecule has 0 radical (unpaired) electrons. The maximum absolute atomic E-state index is 13.4. The minimum Gasteiger partial charge on any atom is -0.341 e. The Hall–Kier alpha value is -3.09. The van der Waals surface area contributed by atoms with Gasteiger partial charge in [0, 0.05) is 49.8 Å². The van der Waals surface area contributed by atoms with Gasteiger partial charge in [0.25, 0.3) is 11.5 Å². The second kappa shape index (κ2) is 6.20. The number of amides is 1. The summed E-state index contributed by atoms with van der Waals surface area (Å²) in [5.41, 5.74) is 4.27. The molecule has 0 bridgehead atoms. The Kier molecular flexibility index (Phi) is 3.84. The summed E-state index contributed by atoms with van der Waals surface area (Å²) in [5.74, 6) is -0.243. The highest BCUT2D eigenvalue weighted by molar-refractivity contribution is 5.93. The first-order valence-electron chi connectivity index (χ1n) is 10.1. The fourth-order valence-electron chi connectivity index (χ4n) is 5.05. The Labute approximate surface area is 167 Å². The van der Waals surface area contributed by atoms with Crippen molar-refractivity contribution in [3.63, 3.8) is 0 Å². The topological polar surface area (TPSA) is 69.2 Å². The van der Waals surface area contributed by atoms with Crippen molar-refractivity contribution in [1.82, 2.24) is 18.6 Å². The molecule has 1 aliphatic heterocycles. The van der Waals surface area contributed by atoms with E-state index in [1.807, 2.05) is 4.90 Å². The van der Waals surface area contributed by atoms with Crippen LogP contribution in [0.3, 0.4) is 0 Å². The molecular formula is C22H24N4O3. The molecule has 7 nitrogen and oxygen atoms in total. The molecule has 0 saturated heterocycles. The summed E-state index contributed by atoms with van der Waals surface area (Å²) in [4.78, 5) is 39.7. The quantitative estimate of drug-likeness (QED) is 0.635. The largest absolute Gasteiger partial charge is 0.341 e. The van der Waals surface area contributed by atoms with E-state index >= 15 is 0 Å². The molecule has 7 heteroatoms. The van der Waals surface area contributed by atoms with Crippen LogP contribution in [0.25, 0.3) is 10.9 Å². The lowest BCUT2D eigenvalue weighted by atomic mass is 9.89. The number of hydrogen-bond acceptors (Lipinski definition) is 3. The van der Waals surface area contributed by atoms with Crippen molar-refractivity contribution in [2.45, 2.75) is 38.8 Å². The van der Waals surface area contributed by atoms with Gasteiger partial charge in [-0.3, -0.25) is 18.7 Å². The van der Waals surface area contributed by atoms with Crippen molar-refractivity contribution in [3.8, 4) is 0 Å². The summed E-state index contributed by atoms with van der Waals surface area (Å²) in [7, 11) is 2.97. The van der Waals surface area contributed by atoms with E-state index in [0.717, 1.165) is 30.4 Å². The second-order valence-corrected chi connectivity index (χ2v) is 8.21. The van der Waals surface area contributed by atoms with E-state index in [1.165, 1.54) is 45.4 Å². The van der Waals surface area contributed by atoms with Crippen molar-refractivity contribution < 1.29 is 4.79 Å². The second-order valence-electron chi connectivity index (χ2n) is 8.21. The highest BCUT2D eigenvalue weighted by Gasteiger charge is 2.38. The molecule has 2 aliphatic rings. The lowest BCUT2D eigenvalue weighted by Crippen LogP contribution is -2.47. The minimum absolute atomic E-state index is 0.0214. The minimum atomic E-state index is -0.480. The molecule has 0 spiro atoms. The maximum Gasteiger partial charge on any atom is 0.331 e. The lowest BCUT2D eigenvalue weighted by Gasteiger charge is -2.40. The van der Waals surface area contributed by atoms with Gasteiger partial charge in [0.2, 0.25) is 0 Å². The van der Waals surface area contributed by atoms with Gasteiger partial charge >= 0.3 is 5.69 Å². The maximum atomic E-state index is 13.4. The zero-order chi connectivity index (χ0) is 20.4. The molecule has 2 aromatic heterocycles. The SMILES string of the molecule is Cc1ccc2c(c1)c1c3n2CCN(C(=O)c2cc(=O)n(C)c(=O)n2C)[C@@H]3CCC1. The molecule has 3 aromatic rings. The Morgan fingerprint density at radius 3 is 2.66 bits per heavy atom. The zero-order valence-electron chi connectivity index (χ0n) is 16.9. The van der Waals surface area contributed by atoms with Crippen molar-refractivity contribution >= 4 is 16.8 Å². The van der Waals surface area contributed by atoms with Crippen LogP contribution in [0.15, 0.2) is 33.9 Å². The molecule has 3 heterocycles. The van der Waals surface area contributed by atoms with E-state index in [0.29, 0.717) is 6.54 Å². The molecule has 5 rings (SSSR count).